The summed E-state index contributed by atoms with van der Waals surface area (Å²) in [7, 11) is -0.736. The van der Waals surface area contributed by atoms with Crippen molar-refractivity contribution >= 4 is 42.6 Å². The molecule has 1 amide bonds. The number of benzene rings is 2. The van der Waals surface area contributed by atoms with E-state index in [1.807, 2.05) is 6.07 Å². The standard InChI is InChI=1S/C22H19FN4O3S2/c1-26(2)32(29,30)17-11-9-15(10-12-17)21(28)27(14-16-6-3-4-13-24-16)22-25-20-18(23)7-5-8-19(20)31-22/h3-13H,14H2,1-2H3. The lowest BCUT2D eigenvalue weighted by Crippen LogP contribution is -2.30. The topological polar surface area (TPSA) is 83.5 Å². The first-order chi connectivity index (χ1) is 15.3. The number of para-hydroxylation sites is 1. The number of pyridine rings is 1. The number of fused-ring (bicyclic) bond motifs is 1. The summed E-state index contributed by atoms with van der Waals surface area (Å²) in [5.74, 6) is -0.864. The van der Waals surface area contributed by atoms with Crippen molar-refractivity contribution < 1.29 is 17.6 Å². The van der Waals surface area contributed by atoms with Gasteiger partial charge in [0.1, 0.15) is 11.3 Å². The van der Waals surface area contributed by atoms with Crippen LogP contribution in [0.1, 0.15) is 16.1 Å². The van der Waals surface area contributed by atoms with Crippen LogP contribution >= 0.6 is 11.3 Å². The average molecular weight is 471 g/mol. The molecule has 0 saturated carbocycles. The summed E-state index contributed by atoms with van der Waals surface area (Å²) >= 11 is 1.20. The highest BCUT2D eigenvalue weighted by Crippen LogP contribution is 2.32. The largest absolute Gasteiger partial charge is 0.278 e. The van der Waals surface area contributed by atoms with Crippen LogP contribution in [-0.2, 0) is 16.6 Å². The third-order valence-electron chi connectivity index (χ3n) is 4.76. The Bertz CT molecular complexity index is 1370. The van der Waals surface area contributed by atoms with Crippen LogP contribution < -0.4 is 4.90 Å². The van der Waals surface area contributed by atoms with Crippen molar-refractivity contribution in [3.05, 3.63) is 83.9 Å². The summed E-state index contributed by atoms with van der Waals surface area (Å²) in [4.78, 5) is 23.6. The smallest absolute Gasteiger partial charge is 0.260 e. The maximum absolute atomic E-state index is 14.2. The maximum Gasteiger partial charge on any atom is 0.260 e. The van der Waals surface area contributed by atoms with Crippen molar-refractivity contribution in [2.45, 2.75) is 11.4 Å². The third-order valence-corrected chi connectivity index (χ3v) is 7.63. The highest BCUT2D eigenvalue weighted by atomic mass is 32.2. The van der Waals surface area contributed by atoms with Crippen LogP contribution in [0.3, 0.4) is 0 Å². The van der Waals surface area contributed by atoms with E-state index in [1.165, 1.54) is 60.7 Å². The van der Waals surface area contributed by atoms with E-state index in [0.717, 1.165) is 4.31 Å². The Balaban J connectivity index is 1.74. The average Bonchev–Trinajstić information content (AvgIpc) is 3.23. The zero-order valence-electron chi connectivity index (χ0n) is 17.3. The number of anilines is 1. The number of halogens is 1. The van der Waals surface area contributed by atoms with E-state index in [4.69, 9.17) is 0 Å². The number of carbonyl (C=O) groups excluding carboxylic acids is 1. The van der Waals surface area contributed by atoms with E-state index < -0.39 is 21.7 Å². The molecule has 0 atom stereocenters. The SMILES string of the molecule is CN(C)S(=O)(=O)c1ccc(C(=O)N(Cc2ccccn2)c2nc3c(F)cccc3s2)cc1. The molecule has 0 radical (unpaired) electrons. The fourth-order valence-electron chi connectivity index (χ4n) is 3.03. The van der Waals surface area contributed by atoms with Crippen molar-refractivity contribution in [3.8, 4) is 0 Å². The van der Waals surface area contributed by atoms with Gasteiger partial charge in [-0.05, 0) is 48.5 Å². The van der Waals surface area contributed by atoms with Crippen molar-refractivity contribution in [1.82, 2.24) is 14.3 Å². The molecule has 7 nitrogen and oxygen atoms in total. The van der Waals surface area contributed by atoms with E-state index in [-0.39, 0.29) is 22.5 Å². The van der Waals surface area contributed by atoms with Gasteiger partial charge in [-0.15, -0.1) is 0 Å². The molecule has 2 heterocycles. The van der Waals surface area contributed by atoms with Crippen LogP contribution in [0.2, 0.25) is 0 Å². The number of nitrogens with zero attached hydrogens (tertiary/aromatic N) is 4. The predicted molar refractivity (Wildman–Crippen MR) is 122 cm³/mol. The molecule has 32 heavy (non-hydrogen) atoms. The Kier molecular flexibility index (Phi) is 6.00. The van der Waals surface area contributed by atoms with Crippen LogP contribution in [0.5, 0.6) is 0 Å². The minimum atomic E-state index is -3.62. The van der Waals surface area contributed by atoms with E-state index >= 15 is 0 Å². The molecule has 2 aromatic heterocycles. The number of hydrogen-bond donors (Lipinski definition) is 0. The zero-order valence-corrected chi connectivity index (χ0v) is 18.9. The second-order valence-electron chi connectivity index (χ2n) is 7.11. The van der Waals surface area contributed by atoms with Gasteiger partial charge in [0.2, 0.25) is 10.0 Å². The van der Waals surface area contributed by atoms with Gasteiger partial charge >= 0.3 is 0 Å². The molecule has 0 bridgehead atoms. The fraction of sp³-hybridized carbons (Fsp3) is 0.136. The fourth-order valence-corrected chi connectivity index (χ4v) is 4.91. The number of thiazole rings is 1. The summed E-state index contributed by atoms with van der Waals surface area (Å²) in [5.41, 5.74) is 1.10. The van der Waals surface area contributed by atoms with Crippen molar-refractivity contribution in [3.63, 3.8) is 0 Å². The molecular formula is C22H19FN4O3S2. The molecule has 0 N–H and O–H groups in total. The second-order valence-corrected chi connectivity index (χ2v) is 10.3. The summed E-state index contributed by atoms with van der Waals surface area (Å²) in [5, 5.41) is 0.325. The molecule has 0 aliphatic rings. The van der Waals surface area contributed by atoms with Crippen LogP contribution in [0, 0.1) is 5.82 Å². The van der Waals surface area contributed by atoms with Gasteiger partial charge in [-0.2, -0.15) is 0 Å². The normalized spacial score (nSPS) is 11.8. The summed E-state index contributed by atoms with van der Waals surface area (Å²) < 4.78 is 40.6. The van der Waals surface area contributed by atoms with E-state index in [1.54, 1.807) is 30.5 Å². The van der Waals surface area contributed by atoms with E-state index in [9.17, 15) is 17.6 Å². The second kappa shape index (κ2) is 8.73. The van der Waals surface area contributed by atoms with E-state index in [0.29, 0.717) is 15.5 Å². The Morgan fingerprint density at radius 3 is 2.41 bits per heavy atom. The molecule has 0 fully saturated rings. The van der Waals surface area contributed by atoms with E-state index in [2.05, 4.69) is 9.97 Å². The van der Waals surface area contributed by atoms with Crippen LogP contribution in [-0.4, -0.2) is 42.7 Å². The number of aromatic nitrogens is 2. The Labute approximate surface area is 188 Å². The highest BCUT2D eigenvalue weighted by Gasteiger charge is 2.24. The molecule has 0 unspecified atom stereocenters. The molecule has 10 heteroatoms. The first-order valence-electron chi connectivity index (χ1n) is 9.57. The van der Waals surface area contributed by atoms with Gasteiger partial charge in [0.05, 0.1) is 21.8 Å². The predicted octanol–water partition coefficient (Wildman–Crippen LogP) is 3.93. The molecule has 0 aliphatic carbocycles. The minimum Gasteiger partial charge on any atom is -0.278 e. The lowest BCUT2D eigenvalue weighted by atomic mass is 10.2. The van der Waals surface area contributed by atoms with Gasteiger partial charge in [-0.1, -0.05) is 23.5 Å². The van der Waals surface area contributed by atoms with Crippen LogP contribution in [0.15, 0.2) is 71.8 Å². The first kappa shape index (κ1) is 22.0. The molecular weight excluding hydrogens is 451 g/mol. The van der Waals surface area contributed by atoms with Crippen molar-refractivity contribution in [1.29, 1.82) is 0 Å². The highest BCUT2D eigenvalue weighted by molar-refractivity contribution is 7.89. The van der Waals surface area contributed by atoms with Crippen LogP contribution in [0.25, 0.3) is 10.2 Å². The zero-order chi connectivity index (χ0) is 22.9. The Morgan fingerprint density at radius 2 is 1.78 bits per heavy atom. The van der Waals surface area contributed by atoms with Gasteiger partial charge < -0.3 is 0 Å². The lowest BCUT2D eigenvalue weighted by Gasteiger charge is -2.20. The first-order valence-corrected chi connectivity index (χ1v) is 11.8. The molecule has 4 rings (SSSR count). The van der Waals surface area contributed by atoms with Crippen LogP contribution in [0.4, 0.5) is 9.52 Å². The molecule has 164 valence electrons. The molecule has 4 aromatic rings. The molecule has 0 spiro atoms. The lowest BCUT2D eigenvalue weighted by molar-refractivity contribution is 0.0984. The quantitative estimate of drug-likeness (QED) is 0.426. The summed E-state index contributed by atoms with van der Waals surface area (Å²) in [6, 6.07) is 15.7. The maximum atomic E-state index is 14.2. The minimum absolute atomic E-state index is 0.0809. The summed E-state index contributed by atoms with van der Waals surface area (Å²) in [6.45, 7) is 0.124. The van der Waals surface area contributed by atoms with Gasteiger partial charge in [0.25, 0.3) is 5.91 Å². The van der Waals surface area contributed by atoms with Gasteiger partial charge in [-0.3, -0.25) is 14.7 Å². The molecule has 2 aromatic carbocycles. The third kappa shape index (κ3) is 4.24. The van der Waals surface area contributed by atoms with Crippen molar-refractivity contribution in [2.24, 2.45) is 0 Å². The number of rotatable bonds is 6. The Morgan fingerprint density at radius 1 is 1.03 bits per heavy atom. The van der Waals surface area contributed by atoms with Crippen molar-refractivity contribution in [2.75, 3.05) is 19.0 Å². The number of hydrogen-bond acceptors (Lipinski definition) is 6. The monoisotopic (exact) mass is 470 g/mol. The van der Waals surface area contributed by atoms with Gasteiger partial charge in [-0.25, -0.2) is 22.1 Å². The molecule has 0 aliphatic heterocycles. The number of sulfonamides is 1. The summed E-state index contributed by atoms with van der Waals surface area (Å²) in [6.07, 6.45) is 1.62. The van der Waals surface area contributed by atoms with Gasteiger partial charge in [0.15, 0.2) is 5.13 Å². The number of amides is 1. The Hall–Kier alpha value is -3.21. The molecule has 0 saturated heterocycles. The number of carbonyl (C=O) groups is 1. The van der Waals surface area contributed by atoms with Gasteiger partial charge in [0, 0.05) is 25.9 Å².